The number of carbonyl (C=O) groups excluding carboxylic acids is 3. The average molecular weight is 591 g/mol. The molecule has 0 bridgehead atoms. The Kier molecular flexibility index (Phi) is 8.90. The molecular formula is C20H18N10O6S3. The van der Waals surface area contributed by atoms with E-state index in [1.165, 1.54) is 33.6 Å². The summed E-state index contributed by atoms with van der Waals surface area (Å²) in [4.78, 5) is 59.0. The fourth-order valence-electron chi connectivity index (χ4n) is 3.52. The van der Waals surface area contributed by atoms with Crippen molar-refractivity contribution < 1.29 is 29.1 Å². The van der Waals surface area contributed by atoms with E-state index in [9.17, 15) is 24.3 Å². The van der Waals surface area contributed by atoms with Gasteiger partial charge >= 0.3 is 5.97 Å². The first-order valence-electron chi connectivity index (χ1n) is 10.8. The molecule has 2 aromatic heterocycles. The van der Waals surface area contributed by atoms with Crippen molar-refractivity contribution in [2.75, 3.05) is 23.4 Å². The Morgan fingerprint density at radius 2 is 2.28 bits per heavy atom. The number of carboxylic acid groups (broad SMARTS) is 1. The lowest BCUT2D eigenvalue weighted by Gasteiger charge is -2.49. The predicted molar refractivity (Wildman–Crippen MR) is 138 cm³/mol. The molecule has 2 atom stereocenters. The Morgan fingerprint density at radius 3 is 3.00 bits per heavy atom. The maximum atomic E-state index is 13.1. The summed E-state index contributed by atoms with van der Waals surface area (Å²) in [5, 5.41) is 40.0. The maximum absolute atomic E-state index is 13.1. The van der Waals surface area contributed by atoms with Crippen LogP contribution in [0.15, 0.2) is 39.6 Å². The Hall–Kier alpha value is -4.28. The van der Waals surface area contributed by atoms with Gasteiger partial charge in [-0.3, -0.25) is 19.3 Å². The van der Waals surface area contributed by atoms with Crippen molar-refractivity contribution in [2.45, 2.75) is 23.1 Å². The Bertz CT molecular complexity index is 1410. The first-order valence-corrected chi connectivity index (χ1v) is 13.7. The number of hydrogen-bond acceptors (Lipinski definition) is 14. The van der Waals surface area contributed by atoms with Crippen LogP contribution in [0.2, 0.25) is 0 Å². The van der Waals surface area contributed by atoms with Crippen LogP contribution in [0.4, 0.5) is 5.13 Å². The minimum atomic E-state index is -1.27. The highest BCUT2D eigenvalue weighted by atomic mass is 32.2. The molecule has 3 amide bonds. The van der Waals surface area contributed by atoms with E-state index in [4.69, 9.17) is 10.1 Å². The van der Waals surface area contributed by atoms with E-state index >= 15 is 0 Å². The van der Waals surface area contributed by atoms with Crippen molar-refractivity contribution in [2.24, 2.45) is 5.16 Å². The number of anilines is 1. The van der Waals surface area contributed by atoms with E-state index < -0.39 is 35.8 Å². The van der Waals surface area contributed by atoms with Gasteiger partial charge in [-0.1, -0.05) is 23.0 Å². The van der Waals surface area contributed by atoms with Gasteiger partial charge in [0.1, 0.15) is 28.9 Å². The summed E-state index contributed by atoms with van der Waals surface area (Å²) in [5.74, 6) is -2.20. The molecule has 1 saturated heterocycles. The smallest absolute Gasteiger partial charge is 0.352 e. The second kappa shape index (κ2) is 12.5. The Balaban J connectivity index is 1.49. The summed E-state index contributed by atoms with van der Waals surface area (Å²) in [7, 11) is 0. The van der Waals surface area contributed by atoms with Crippen LogP contribution in [0.3, 0.4) is 0 Å². The third kappa shape index (κ3) is 5.92. The maximum Gasteiger partial charge on any atom is 0.352 e. The van der Waals surface area contributed by atoms with Crippen LogP contribution in [0.25, 0.3) is 0 Å². The van der Waals surface area contributed by atoms with Gasteiger partial charge in [-0.15, -0.1) is 34.8 Å². The van der Waals surface area contributed by atoms with Crippen molar-refractivity contribution in [3.8, 4) is 6.07 Å². The number of β-lactam (4-membered cyclic amide) rings is 1. The molecule has 1 unspecified atom stereocenters. The van der Waals surface area contributed by atoms with Crippen LogP contribution >= 0.6 is 34.9 Å². The first-order chi connectivity index (χ1) is 18.9. The summed E-state index contributed by atoms with van der Waals surface area (Å²) in [5.41, 5.74) is 0.0736. The molecule has 2 aliphatic heterocycles. The molecule has 202 valence electrons. The van der Waals surface area contributed by atoms with Gasteiger partial charge in [0.05, 0.1) is 6.54 Å². The molecule has 19 heteroatoms. The van der Waals surface area contributed by atoms with Gasteiger partial charge in [-0.05, 0) is 16.0 Å². The van der Waals surface area contributed by atoms with Crippen LogP contribution < -0.4 is 10.6 Å². The SMILES string of the molecule is C=CCn1nnnc1SCC1=C(C(=O)O)N2C(=O)C(NC(=O)C(=NOCC#N)c3csc(NC=O)n3)[C@H]2SC1. The second-order valence-corrected chi connectivity index (χ2v) is 10.4. The van der Waals surface area contributed by atoms with Gasteiger partial charge in [-0.2, -0.15) is 5.26 Å². The molecule has 0 radical (unpaired) electrons. The lowest BCUT2D eigenvalue weighted by atomic mass is 10.0. The van der Waals surface area contributed by atoms with Crippen molar-refractivity contribution in [1.29, 1.82) is 5.26 Å². The van der Waals surface area contributed by atoms with Gasteiger partial charge in [0.2, 0.25) is 18.2 Å². The number of aliphatic carboxylic acids is 1. The van der Waals surface area contributed by atoms with E-state index in [1.807, 2.05) is 0 Å². The minimum Gasteiger partial charge on any atom is -0.477 e. The van der Waals surface area contributed by atoms with Crippen LogP contribution in [0, 0.1) is 11.3 Å². The van der Waals surface area contributed by atoms with Gasteiger partial charge < -0.3 is 20.6 Å². The third-order valence-corrected chi connectivity index (χ3v) is 8.30. The molecule has 4 heterocycles. The van der Waals surface area contributed by atoms with E-state index in [-0.39, 0.29) is 33.7 Å². The molecule has 39 heavy (non-hydrogen) atoms. The molecular weight excluding hydrogens is 572 g/mol. The van der Waals surface area contributed by atoms with Gasteiger partial charge in [0.25, 0.3) is 11.8 Å². The molecule has 0 saturated carbocycles. The van der Waals surface area contributed by atoms with Crippen molar-refractivity contribution in [3.63, 3.8) is 0 Å². The predicted octanol–water partition coefficient (Wildman–Crippen LogP) is -0.341. The number of thiazole rings is 1. The number of tetrazole rings is 1. The van der Waals surface area contributed by atoms with E-state index in [0.717, 1.165) is 16.2 Å². The molecule has 3 N–H and O–H groups in total. The number of fused-ring (bicyclic) bond motifs is 1. The highest BCUT2D eigenvalue weighted by molar-refractivity contribution is 8.01. The number of allylic oxidation sites excluding steroid dienone is 1. The molecule has 0 spiro atoms. The third-order valence-electron chi connectivity index (χ3n) is 5.14. The highest BCUT2D eigenvalue weighted by Gasteiger charge is 2.54. The molecule has 2 aromatic rings. The lowest BCUT2D eigenvalue weighted by Crippen LogP contribution is -2.71. The zero-order valence-electron chi connectivity index (χ0n) is 19.7. The van der Waals surface area contributed by atoms with E-state index in [0.29, 0.717) is 23.7 Å². The zero-order valence-corrected chi connectivity index (χ0v) is 22.2. The lowest BCUT2D eigenvalue weighted by molar-refractivity contribution is -0.150. The number of amides is 3. The number of nitriles is 1. The van der Waals surface area contributed by atoms with Gasteiger partial charge in [0, 0.05) is 16.9 Å². The number of oxime groups is 1. The van der Waals surface area contributed by atoms with Crippen LogP contribution in [0.5, 0.6) is 0 Å². The number of hydrogen-bond donors (Lipinski definition) is 3. The molecule has 2 aliphatic rings. The average Bonchev–Trinajstić information content (AvgIpc) is 3.57. The van der Waals surface area contributed by atoms with E-state index in [2.05, 4.69) is 42.9 Å². The second-order valence-electron chi connectivity index (χ2n) is 7.51. The number of thioether (sulfide) groups is 2. The zero-order chi connectivity index (χ0) is 27.9. The highest BCUT2D eigenvalue weighted by Crippen LogP contribution is 2.41. The fourth-order valence-corrected chi connectivity index (χ4v) is 6.55. The summed E-state index contributed by atoms with van der Waals surface area (Å²) >= 11 is 3.54. The fraction of sp³-hybridized carbons (Fsp3) is 0.300. The first kappa shape index (κ1) is 27.7. The number of rotatable bonds is 13. The molecule has 1 fully saturated rings. The Morgan fingerprint density at radius 1 is 1.46 bits per heavy atom. The van der Waals surface area contributed by atoms with Crippen molar-refractivity contribution >= 4 is 69.9 Å². The number of nitrogens with one attached hydrogen (secondary N) is 2. The van der Waals surface area contributed by atoms with E-state index in [1.54, 1.807) is 12.1 Å². The van der Waals surface area contributed by atoms with Gasteiger partial charge in [-0.25, -0.2) is 14.5 Å². The summed E-state index contributed by atoms with van der Waals surface area (Å²) < 4.78 is 1.51. The molecule has 0 aliphatic carbocycles. The van der Waals surface area contributed by atoms with Crippen molar-refractivity contribution in [3.05, 3.63) is 35.0 Å². The number of carbonyl (C=O) groups is 4. The topological polar surface area (TPSA) is 218 Å². The molecule has 0 aromatic carbocycles. The van der Waals surface area contributed by atoms with Crippen LogP contribution in [-0.2, 0) is 30.6 Å². The minimum absolute atomic E-state index is 0.0453. The largest absolute Gasteiger partial charge is 0.477 e. The normalized spacial score (nSPS) is 18.5. The Labute approximate surface area is 232 Å². The standard InChI is InChI=1S/C20H18N10O6S3/c1-2-4-29-20(25-27-28-29)39-7-10-6-37-17-13(16(33)30(17)14(10)18(34)35)24-15(32)12(26-36-5-3-21)11-8-38-19(23-11)22-9-31/h2,8-9,13,17H,1,4-7H2,(H,24,32)(H,34,35)(H,22,23,31)/t13?,17-/m1/s1. The number of aromatic nitrogens is 5. The van der Waals surface area contributed by atoms with Crippen molar-refractivity contribution in [1.82, 2.24) is 35.4 Å². The van der Waals surface area contributed by atoms with Crippen LogP contribution in [-0.4, -0.2) is 94.6 Å². The number of nitrogens with zero attached hydrogens (tertiary/aromatic N) is 8. The quantitative estimate of drug-likeness (QED) is 0.0518. The summed E-state index contributed by atoms with van der Waals surface area (Å²) in [6.07, 6.45) is 2.04. The molecule has 4 rings (SSSR count). The van der Waals surface area contributed by atoms with Crippen LogP contribution in [0.1, 0.15) is 5.69 Å². The number of carboxylic acids is 1. The summed E-state index contributed by atoms with van der Waals surface area (Å²) in [6, 6.07) is 0.671. The van der Waals surface area contributed by atoms with Gasteiger partial charge in [0.15, 0.2) is 10.8 Å². The molecule has 16 nitrogen and oxygen atoms in total. The monoisotopic (exact) mass is 590 g/mol. The summed E-state index contributed by atoms with van der Waals surface area (Å²) in [6.45, 7) is 3.58.